The van der Waals surface area contributed by atoms with Crippen LogP contribution in [0.2, 0.25) is 5.02 Å². The predicted octanol–water partition coefficient (Wildman–Crippen LogP) is 3.50. The maximum absolute atomic E-state index is 12.0. The zero-order chi connectivity index (χ0) is 15.2. The molecule has 0 fully saturated rings. The van der Waals surface area contributed by atoms with Gasteiger partial charge in [0.15, 0.2) is 0 Å². The number of nitrogens with one attached hydrogen (secondary N) is 1. The summed E-state index contributed by atoms with van der Waals surface area (Å²) in [6, 6.07) is 14.5. The number of rotatable bonds is 5. The number of benzene rings is 2. The van der Waals surface area contributed by atoms with Gasteiger partial charge in [-0.15, -0.1) is 0 Å². The lowest BCUT2D eigenvalue weighted by molar-refractivity contribution is 0.0942. The fourth-order valence-corrected chi connectivity index (χ4v) is 2.32. The van der Waals surface area contributed by atoms with Crippen molar-refractivity contribution in [2.24, 2.45) is 0 Å². The molecule has 0 aliphatic rings. The smallest absolute Gasteiger partial charge is 0.251 e. The molecule has 110 valence electrons. The van der Waals surface area contributed by atoms with Crippen LogP contribution < -0.4 is 5.32 Å². The van der Waals surface area contributed by atoms with E-state index in [2.05, 4.69) is 5.32 Å². The summed E-state index contributed by atoms with van der Waals surface area (Å²) in [5.41, 5.74) is 2.35. The minimum atomic E-state index is -0.638. The first kappa shape index (κ1) is 15.5. The lowest BCUT2D eigenvalue weighted by atomic mass is 10.1. The normalized spacial score (nSPS) is 12.0. The summed E-state index contributed by atoms with van der Waals surface area (Å²) >= 11 is 5.89. The molecule has 0 radical (unpaired) electrons. The Kier molecular flexibility index (Phi) is 5.37. The third kappa shape index (κ3) is 4.31. The molecule has 0 bridgehead atoms. The number of amides is 1. The van der Waals surface area contributed by atoms with Crippen molar-refractivity contribution in [3.63, 3.8) is 0 Å². The van der Waals surface area contributed by atoms with Crippen molar-refractivity contribution in [2.45, 2.75) is 19.4 Å². The molecule has 1 amide bonds. The van der Waals surface area contributed by atoms with Crippen molar-refractivity contribution < 1.29 is 9.90 Å². The number of aliphatic hydroxyl groups excluding tert-OH is 1. The minimum absolute atomic E-state index is 0.119. The SMILES string of the molecule is Cc1ccccc1C(=O)NCC[C@H](O)c1cccc(Cl)c1. The Balaban J connectivity index is 1.87. The van der Waals surface area contributed by atoms with E-state index in [1.807, 2.05) is 31.2 Å². The van der Waals surface area contributed by atoms with E-state index in [1.165, 1.54) is 0 Å². The number of aliphatic hydroxyl groups is 1. The average molecular weight is 304 g/mol. The van der Waals surface area contributed by atoms with Crippen LogP contribution >= 0.6 is 11.6 Å². The molecule has 1 atom stereocenters. The average Bonchev–Trinajstić information content (AvgIpc) is 2.47. The molecule has 0 heterocycles. The van der Waals surface area contributed by atoms with E-state index in [0.717, 1.165) is 11.1 Å². The molecular weight excluding hydrogens is 286 g/mol. The van der Waals surface area contributed by atoms with Crippen LogP contribution in [0, 0.1) is 6.92 Å². The Labute approximate surface area is 129 Å². The van der Waals surface area contributed by atoms with Gasteiger partial charge >= 0.3 is 0 Å². The molecule has 0 aromatic heterocycles. The molecule has 0 saturated carbocycles. The van der Waals surface area contributed by atoms with Gasteiger partial charge in [0.1, 0.15) is 0 Å². The first-order chi connectivity index (χ1) is 10.1. The van der Waals surface area contributed by atoms with Crippen LogP contribution in [-0.2, 0) is 0 Å². The molecule has 0 aliphatic heterocycles. The number of hydrogen-bond acceptors (Lipinski definition) is 2. The summed E-state index contributed by atoms with van der Waals surface area (Å²) in [6.07, 6.45) is -0.196. The Morgan fingerprint density at radius 1 is 1.24 bits per heavy atom. The van der Waals surface area contributed by atoms with Crippen LogP contribution in [0.3, 0.4) is 0 Å². The molecule has 3 nitrogen and oxygen atoms in total. The monoisotopic (exact) mass is 303 g/mol. The van der Waals surface area contributed by atoms with Gasteiger partial charge in [-0.1, -0.05) is 41.9 Å². The highest BCUT2D eigenvalue weighted by Crippen LogP contribution is 2.19. The van der Waals surface area contributed by atoms with Crippen molar-refractivity contribution in [1.82, 2.24) is 5.32 Å². The van der Waals surface area contributed by atoms with Gasteiger partial charge in [-0.05, 0) is 42.7 Å². The highest BCUT2D eigenvalue weighted by molar-refractivity contribution is 6.30. The first-order valence-electron chi connectivity index (χ1n) is 6.85. The number of hydrogen-bond donors (Lipinski definition) is 2. The third-order valence-electron chi connectivity index (χ3n) is 3.33. The quantitative estimate of drug-likeness (QED) is 0.888. The van der Waals surface area contributed by atoms with Gasteiger partial charge in [0.05, 0.1) is 6.10 Å². The Morgan fingerprint density at radius 2 is 2.00 bits per heavy atom. The maximum atomic E-state index is 12.0. The van der Waals surface area contributed by atoms with Crippen molar-refractivity contribution in [2.75, 3.05) is 6.54 Å². The second-order valence-corrected chi connectivity index (χ2v) is 5.37. The first-order valence-corrected chi connectivity index (χ1v) is 7.23. The molecule has 21 heavy (non-hydrogen) atoms. The molecule has 0 aliphatic carbocycles. The molecule has 2 rings (SSSR count). The minimum Gasteiger partial charge on any atom is -0.388 e. The van der Waals surface area contributed by atoms with E-state index in [1.54, 1.807) is 24.3 Å². The van der Waals surface area contributed by atoms with Gasteiger partial charge in [-0.2, -0.15) is 0 Å². The van der Waals surface area contributed by atoms with E-state index in [-0.39, 0.29) is 5.91 Å². The van der Waals surface area contributed by atoms with Crippen molar-refractivity contribution in [3.05, 3.63) is 70.2 Å². The van der Waals surface area contributed by atoms with Gasteiger partial charge in [-0.3, -0.25) is 4.79 Å². The van der Waals surface area contributed by atoms with E-state index in [4.69, 9.17) is 11.6 Å². The third-order valence-corrected chi connectivity index (χ3v) is 3.56. The molecule has 2 N–H and O–H groups in total. The predicted molar refractivity (Wildman–Crippen MR) is 84.5 cm³/mol. The molecule has 4 heteroatoms. The van der Waals surface area contributed by atoms with Gasteiger partial charge in [0.25, 0.3) is 5.91 Å². The fraction of sp³-hybridized carbons (Fsp3) is 0.235. The second-order valence-electron chi connectivity index (χ2n) is 4.93. The Bertz CT molecular complexity index is 628. The Morgan fingerprint density at radius 3 is 2.71 bits per heavy atom. The summed E-state index contributed by atoms with van der Waals surface area (Å²) in [4.78, 5) is 12.0. The molecular formula is C17H18ClNO2. The topological polar surface area (TPSA) is 49.3 Å². The lowest BCUT2D eigenvalue weighted by Gasteiger charge is -2.12. The van der Waals surface area contributed by atoms with Gasteiger partial charge in [-0.25, -0.2) is 0 Å². The van der Waals surface area contributed by atoms with Gasteiger partial charge in [0.2, 0.25) is 0 Å². The van der Waals surface area contributed by atoms with Crippen LogP contribution in [-0.4, -0.2) is 17.6 Å². The number of carbonyl (C=O) groups is 1. The van der Waals surface area contributed by atoms with Gasteiger partial charge in [0, 0.05) is 17.1 Å². The molecule has 2 aromatic carbocycles. The molecule has 0 unspecified atom stereocenters. The largest absolute Gasteiger partial charge is 0.388 e. The fourth-order valence-electron chi connectivity index (χ4n) is 2.13. The molecule has 2 aromatic rings. The molecule has 0 saturated heterocycles. The number of aryl methyl sites for hydroxylation is 1. The Hall–Kier alpha value is -1.84. The standard InChI is InChI=1S/C17H18ClNO2/c1-12-5-2-3-8-15(12)17(21)19-10-9-16(20)13-6-4-7-14(18)11-13/h2-8,11,16,20H,9-10H2,1H3,(H,19,21)/t16-/m0/s1. The lowest BCUT2D eigenvalue weighted by Crippen LogP contribution is -2.26. The summed E-state index contributed by atoms with van der Waals surface area (Å²) < 4.78 is 0. The second kappa shape index (κ2) is 7.25. The highest BCUT2D eigenvalue weighted by Gasteiger charge is 2.10. The van der Waals surface area contributed by atoms with E-state index >= 15 is 0 Å². The van der Waals surface area contributed by atoms with Crippen molar-refractivity contribution in [1.29, 1.82) is 0 Å². The summed E-state index contributed by atoms with van der Waals surface area (Å²) in [5.74, 6) is -0.119. The van der Waals surface area contributed by atoms with E-state index in [9.17, 15) is 9.90 Å². The highest BCUT2D eigenvalue weighted by atomic mass is 35.5. The zero-order valence-electron chi connectivity index (χ0n) is 11.8. The summed E-state index contributed by atoms with van der Waals surface area (Å²) in [7, 11) is 0. The number of halogens is 1. The van der Waals surface area contributed by atoms with E-state index < -0.39 is 6.10 Å². The zero-order valence-corrected chi connectivity index (χ0v) is 12.6. The van der Waals surface area contributed by atoms with Crippen LogP contribution in [0.15, 0.2) is 48.5 Å². The van der Waals surface area contributed by atoms with Crippen molar-refractivity contribution >= 4 is 17.5 Å². The summed E-state index contributed by atoms with van der Waals surface area (Å²) in [5, 5.41) is 13.5. The number of carbonyl (C=O) groups excluding carboxylic acids is 1. The van der Waals surface area contributed by atoms with Crippen LogP contribution in [0.1, 0.15) is 34.0 Å². The van der Waals surface area contributed by atoms with E-state index in [0.29, 0.717) is 23.6 Å². The van der Waals surface area contributed by atoms with Crippen LogP contribution in [0.4, 0.5) is 0 Å². The van der Waals surface area contributed by atoms with Crippen LogP contribution in [0.5, 0.6) is 0 Å². The van der Waals surface area contributed by atoms with Crippen molar-refractivity contribution in [3.8, 4) is 0 Å². The molecule has 0 spiro atoms. The van der Waals surface area contributed by atoms with Gasteiger partial charge < -0.3 is 10.4 Å². The van der Waals surface area contributed by atoms with Crippen LogP contribution in [0.25, 0.3) is 0 Å². The summed E-state index contributed by atoms with van der Waals surface area (Å²) in [6.45, 7) is 2.30. The maximum Gasteiger partial charge on any atom is 0.251 e.